The second-order valence-corrected chi connectivity index (χ2v) is 4.30. The lowest BCUT2D eigenvalue weighted by molar-refractivity contribution is -0.137. The van der Waals surface area contributed by atoms with Crippen molar-refractivity contribution in [3.05, 3.63) is 17.7 Å². The monoisotopic (exact) mass is 275 g/mol. The summed E-state index contributed by atoms with van der Waals surface area (Å²) in [7, 11) is 1.63. The first-order chi connectivity index (χ1) is 8.93. The van der Waals surface area contributed by atoms with E-state index in [0.29, 0.717) is 32.0 Å². The molecule has 0 spiro atoms. The molecular weight excluding hydrogens is 259 g/mol. The molecule has 3 N–H and O–H groups in total. The average molecular weight is 275 g/mol. The van der Waals surface area contributed by atoms with Gasteiger partial charge in [0, 0.05) is 20.1 Å². The quantitative estimate of drug-likeness (QED) is 0.812. The van der Waals surface area contributed by atoms with Gasteiger partial charge in [-0.15, -0.1) is 0 Å². The standard InChI is InChI=1S/C12H16F3N3O/c1-17-10-7-11(18-2-4-19-5-3-18)8(6-9(10)16)12(13,14)15/h6-7,17H,2-5,16H2,1H3. The van der Waals surface area contributed by atoms with E-state index in [2.05, 4.69) is 5.32 Å². The summed E-state index contributed by atoms with van der Waals surface area (Å²) >= 11 is 0. The Morgan fingerprint density at radius 2 is 1.89 bits per heavy atom. The fourth-order valence-corrected chi connectivity index (χ4v) is 2.11. The Labute approximate surface area is 109 Å². The highest BCUT2D eigenvalue weighted by Gasteiger charge is 2.36. The number of alkyl halides is 3. The van der Waals surface area contributed by atoms with E-state index in [-0.39, 0.29) is 11.4 Å². The van der Waals surface area contributed by atoms with E-state index in [9.17, 15) is 13.2 Å². The van der Waals surface area contributed by atoms with Crippen LogP contribution in [0.3, 0.4) is 0 Å². The second-order valence-electron chi connectivity index (χ2n) is 4.30. The van der Waals surface area contributed by atoms with E-state index in [1.807, 2.05) is 0 Å². The third-order valence-electron chi connectivity index (χ3n) is 3.09. The molecule has 1 fully saturated rings. The van der Waals surface area contributed by atoms with Gasteiger partial charge in [-0.05, 0) is 12.1 Å². The minimum absolute atomic E-state index is 0.0897. The molecule has 0 bridgehead atoms. The molecule has 1 heterocycles. The van der Waals surface area contributed by atoms with E-state index in [0.717, 1.165) is 6.07 Å². The Bertz CT molecular complexity index is 456. The molecule has 1 aliphatic rings. The molecule has 1 aromatic rings. The number of hydrogen-bond donors (Lipinski definition) is 2. The predicted molar refractivity (Wildman–Crippen MR) is 68.4 cm³/mol. The molecule has 0 amide bonds. The van der Waals surface area contributed by atoms with Gasteiger partial charge in [0.05, 0.1) is 35.8 Å². The second kappa shape index (κ2) is 5.16. The van der Waals surface area contributed by atoms with Gasteiger partial charge in [0.1, 0.15) is 0 Å². The van der Waals surface area contributed by atoms with Crippen LogP contribution in [-0.2, 0) is 10.9 Å². The van der Waals surface area contributed by atoms with Crippen molar-refractivity contribution in [2.24, 2.45) is 0 Å². The van der Waals surface area contributed by atoms with Crippen molar-refractivity contribution < 1.29 is 17.9 Å². The third kappa shape index (κ3) is 2.86. The van der Waals surface area contributed by atoms with Crippen molar-refractivity contribution >= 4 is 17.1 Å². The summed E-state index contributed by atoms with van der Waals surface area (Å²) in [5, 5.41) is 2.80. The number of nitrogen functional groups attached to an aromatic ring is 1. The van der Waals surface area contributed by atoms with Crippen LogP contribution in [0.5, 0.6) is 0 Å². The first-order valence-electron chi connectivity index (χ1n) is 5.94. The Balaban J connectivity index is 2.48. The van der Waals surface area contributed by atoms with Gasteiger partial charge in [0.25, 0.3) is 0 Å². The summed E-state index contributed by atoms with van der Waals surface area (Å²) in [5.74, 6) is 0. The molecule has 0 unspecified atom stereocenters. The number of halogens is 3. The van der Waals surface area contributed by atoms with Crippen LogP contribution < -0.4 is 16.0 Å². The number of benzene rings is 1. The highest BCUT2D eigenvalue weighted by Crippen LogP contribution is 2.40. The first kappa shape index (κ1) is 13.8. The van der Waals surface area contributed by atoms with Crippen molar-refractivity contribution in [1.82, 2.24) is 0 Å². The highest BCUT2D eigenvalue weighted by molar-refractivity contribution is 5.75. The highest BCUT2D eigenvalue weighted by atomic mass is 19.4. The first-order valence-corrected chi connectivity index (χ1v) is 5.94. The molecule has 0 saturated carbocycles. The fourth-order valence-electron chi connectivity index (χ4n) is 2.11. The van der Waals surface area contributed by atoms with E-state index in [1.165, 1.54) is 6.07 Å². The van der Waals surface area contributed by atoms with Gasteiger partial charge < -0.3 is 20.7 Å². The maximum absolute atomic E-state index is 13.1. The Hall–Kier alpha value is -1.63. The van der Waals surface area contributed by atoms with Crippen LogP contribution in [0, 0.1) is 0 Å². The maximum atomic E-state index is 13.1. The molecule has 1 aliphatic heterocycles. The Morgan fingerprint density at radius 3 is 2.42 bits per heavy atom. The van der Waals surface area contributed by atoms with E-state index >= 15 is 0 Å². The number of nitrogens with two attached hydrogens (primary N) is 1. The maximum Gasteiger partial charge on any atom is 0.418 e. The van der Waals surface area contributed by atoms with E-state index in [1.54, 1.807) is 11.9 Å². The molecule has 0 atom stereocenters. The SMILES string of the molecule is CNc1cc(N2CCOCC2)c(C(F)(F)F)cc1N. The van der Waals surface area contributed by atoms with Gasteiger partial charge in [0.2, 0.25) is 0 Å². The molecule has 4 nitrogen and oxygen atoms in total. The van der Waals surface area contributed by atoms with Gasteiger partial charge in [-0.25, -0.2) is 0 Å². The third-order valence-corrected chi connectivity index (χ3v) is 3.09. The van der Waals surface area contributed by atoms with E-state index < -0.39 is 11.7 Å². The minimum Gasteiger partial charge on any atom is -0.397 e. The van der Waals surface area contributed by atoms with Crippen LogP contribution in [0.15, 0.2) is 12.1 Å². The van der Waals surface area contributed by atoms with Crippen molar-refractivity contribution in [3.63, 3.8) is 0 Å². The van der Waals surface area contributed by atoms with Crippen molar-refractivity contribution in [1.29, 1.82) is 0 Å². The number of rotatable bonds is 2. The predicted octanol–water partition coefficient (Wildman–Crippen LogP) is 2.17. The lowest BCUT2D eigenvalue weighted by Crippen LogP contribution is -2.37. The number of nitrogens with zero attached hydrogens (tertiary/aromatic N) is 1. The van der Waals surface area contributed by atoms with Gasteiger partial charge in [-0.2, -0.15) is 13.2 Å². The minimum atomic E-state index is -4.42. The molecule has 106 valence electrons. The number of morpholine rings is 1. The lowest BCUT2D eigenvalue weighted by atomic mass is 10.1. The zero-order chi connectivity index (χ0) is 14.0. The summed E-state index contributed by atoms with van der Waals surface area (Å²) in [5.41, 5.74) is 5.65. The summed E-state index contributed by atoms with van der Waals surface area (Å²) in [6, 6.07) is 2.43. The average Bonchev–Trinajstić information content (AvgIpc) is 2.38. The van der Waals surface area contributed by atoms with Crippen LogP contribution >= 0.6 is 0 Å². The van der Waals surface area contributed by atoms with Gasteiger partial charge in [0.15, 0.2) is 0 Å². The smallest absolute Gasteiger partial charge is 0.397 e. The number of ether oxygens (including phenoxy) is 1. The number of nitrogens with one attached hydrogen (secondary N) is 1. The van der Waals surface area contributed by atoms with E-state index in [4.69, 9.17) is 10.5 Å². The summed E-state index contributed by atoms with van der Waals surface area (Å²) < 4.78 is 44.4. The zero-order valence-corrected chi connectivity index (χ0v) is 10.5. The van der Waals surface area contributed by atoms with Crippen molar-refractivity contribution in [2.75, 3.05) is 49.3 Å². The number of anilines is 3. The van der Waals surface area contributed by atoms with Crippen molar-refractivity contribution in [2.45, 2.75) is 6.18 Å². The summed E-state index contributed by atoms with van der Waals surface area (Å²) in [6.07, 6.45) is -4.42. The van der Waals surface area contributed by atoms with Crippen LogP contribution in [0.2, 0.25) is 0 Å². The molecule has 2 rings (SSSR count). The molecular formula is C12H16F3N3O. The van der Waals surface area contributed by atoms with Gasteiger partial charge in [-0.3, -0.25) is 0 Å². The van der Waals surface area contributed by atoms with Gasteiger partial charge >= 0.3 is 6.18 Å². The lowest BCUT2D eigenvalue weighted by Gasteiger charge is -2.31. The molecule has 7 heteroatoms. The fraction of sp³-hybridized carbons (Fsp3) is 0.500. The van der Waals surface area contributed by atoms with Crippen LogP contribution in [0.1, 0.15) is 5.56 Å². The zero-order valence-electron chi connectivity index (χ0n) is 10.5. The molecule has 0 aliphatic carbocycles. The van der Waals surface area contributed by atoms with Crippen LogP contribution in [0.4, 0.5) is 30.2 Å². The largest absolute Gasteiger partial charge is 0.418 e. The number of hydrogen-bond acceptors (Lipinski definition) is 4. The Kier molecular flexibility index (Phi) is 3.75. The normalized spacial score (nSPS) is 16.5. The van der Waals surface area contributed by atoms with Crippen LogP contribution in [0.25, 0.3) is 0 Å². The van der Waals surface area contributed by atoms with Gasteiger partial charge in [-0.1, -0.05) is 0 Å². The molecule has 1 saturated heterocycles. The molecule has 19 heavy (non-hydrogen) atoms. The molecule has 0 radical (unpaired) electrons. The summed E-state index contributed by atoms with van der Waals surface area (Å²) in [4.78, 5) is 1.67. The molecule has 0 aromatic heterocycles. The molecule has 1 aromatic carbocycles. The summed E-state index contributed by atoms with van der Waals surface area (Å²) in [6.45, 7) is 1.74. The van der Waals surface area contributed by atoms with Crippen LogP contribution in [-0.4, -0.2) is 33.4 Å². The topological polar surface area (TPSA) is 50.5 Å². The van der Waals surface area contributed by atoms with Crippen molar-refractivity contribution in [3.8, 4) is 0 Å². The Morgan fingerprint density at radius 1 is 1.26 bits per heavy atom.